The Bertz CT molecular complexity index is 587. The standard InChI is InChI=1S/C17H23N3O2/c1-11-7-8-13(16(18)21)10-20(11)17(22)14-6-2-4-12-5-3-9-19-15(12)14/h3,5,9,11,13-14H,2,4,6-8,10H2,1H3,(H2,18,21)/t11-,13-,14-/m1/s1. The molecule has 2 amide bonds. The van der Waals surface area contributed by atoms with Gasteiger partial charge in [-0.1, -0.05) is 6.07 Å². The van der Waals surface area contributed by atoms with Crippen molar-refractivity contribution in [3.63, 3.8) is 0 Å². The Balaban J connectivity index is 1.83. The van der Waals surface area contributed by atoms with Crippen LogP contribution in [0.15, 0.2) is 18.3 Å². The van der Waals surface area contributed by atoms with Crippen molar-refractivity contribution in [3.05, 3.63) is 29.6 Å². The first-order valence-electron chi connectivity index (χ1n) is 8.11. The third-order valence-corrected chi connectivity index (χ3v) is 5.06. The predicted octanol–water partition coefficient (Wildman–Crippen LogP) is 1.61. The average molecular weight is 301 g/mol. The predicted molar refractivity (Wildman–Crippen MR) is 83.0 cm³/mol. The molecule has 2 heterocycles. The fourth-order valence-electron chi connectivity index (χ4n) is 3.70. The number of carbonyl (C=O) groups is 2. The van der Waals surface area contributed by atoms with Crippen LogP contribution in [0.5, 0.6) is 0 Å². The summed E-state index contributed by atoms with van der Waals surface area (Å²) in [6.45, 7) is 2.51. The molecule has 3 atom stereocenters. The molecular formula is C17H23N3O2. The quantitative estimate of drug-likeness (QED) is 0.901. The van der Waals surface area contributed by atoms with Crippen LogP contribution in [0, 0.1) is 5.92 Å². The van der Waals surface area contributed by atoms with Gasteiger partial charge in [0, 0.05) is 18.8 Å². The molecule has 1 fully saturated rings. The number of nitrogens with zero attached hydrogens (tertiary/aromatic N) is 2. The van der Waals surface area contributed by atoms with Gasteiger partial charge in [-0.2, -0.15) is 0 Å². The average Bonchev–Trinajstić information content (AvgIpc) is 2.54. The molecule has 1 aliphatic carbocycles. The van der Waals surface area contributed by atoms with Crippen LogP contribution in [0.4, 0.5) is 0 Å². The van der Waals surface area contributed by atoms with Gasteiger partial charge in [-0.25, -0.2) is 0 Å². The van der Waals surface area contributed by atoms with Crippen LogP contribution in [-0.4, -0.2) is 34.3 Å². The highest BCUT2D eigenvalue weighted by atomic mass is 16.2. The lowest BCUT2D eigenvalue weighted by molar-refractivity contribution is -0.139. The maximum absolute atomic E-state index is 13.0. The molecular weight excluding hydrogens is 278 g/mol. The van der Waals surface area contributed by atoms with E-state index < -0.39 is 0 Å². The number of hydrogen-bond donors (Lipinski definition) is 1. The zero-order valence-corrected chi connectivity index (χ0v) is 13.0. The first kappa shape index (κ1) is 15.0. The van der Waals surface area contributed by atoms with E-state index in [9.17, 15) is 9.59 Å². The number of aromatic nitrogens is 1. The van der Waals surface area contributed by atoms with E-state index in [1.165, 1.54) is 5.56 Å². The number of nitrogens with two attached hydrogens (primary N) is 1. The number of primary amides is 1. The molecule has 0 radical (unpaired) electrons. The lowest BCUT2D eigenvalue weighted by Gasteiger charge is -2.39. The van der Waals surface area contributed by atoms with Gasteiger partial charge in [0.05, 0.1) is 17.5 Å². The van der Waals surface area contributed by atoms with Crippen molar-refractivity contribution in [1.82, 2.24) is 9.88 Å². The molecule has 0 aromatic carbocycles. The molecule has 1 aromatic heterocycles. The van der Waals surface area contributed by atoms with Gasteiger partial charge < -0.3 is 10.6 Å². The van der Waals surface area contributed by atoms with E-state index in [1.807, 2.05) is 11.0 Å². The van der Waals surface area contributed by atoms with Crippen molar-refractivity contribution in [3.8, 4) is 0 Å². The van der Waals surface area contributed by atoms with Crippen molar-refractivity contribution >= 4 is 11.8 Å². The summed E-state index contributed by atoms with van der Waals surface area (Å²) in [5.74, 6) is -0.573. The molecule has 1 aromatic rings. The first-order valence-corrected chi connectivity index (χ1v) is 8.11. The molecule has 0 spiro atoms. The fourth-order valence-corrected chi connectivity index (χ4v) is 3.70. The largest absolute Gasteiger partial charge is 0.369 e. The van der Waals surface area contributed by atoms with E-state index >= 15 is 0 Å². The minimum Gasteiger partial charge on any atom is -0.369 e. The molecule has 5 nitrogen and oxygen atoms in total. The third kappa shape index (κ3) is 2.72. The molecule has 22 heavy (non-hydrogen) atoms. The maximum Gasteiger partial charge on any atom is 0.231 e. The minimum absolute atomic E-state index is 0.109. The van der Waals surface area contributed by atoms with Gasteiger partial charge in [-0.15, -0.1) is 0 Å². The number of fused-ring (bicyclic) bond motifs is 1. The molecule has 118 valence electrons. The van der Waals surface area contributed by atoms with Crippen LogP contribution in [0.1, 0.15) is 49.8 Å². The number of pyridine rings is 1. The topological polar surface area (TPSA) is 76.3 Å². The normalized spacial score (nSPS) is 28.0. The zero-order chi connectivity index (χ0) is 15.7. The molecule has 0 saturated carbocycles. The van der Waals surface area contributed by atoms with Crippen molar-refractivity contribution in [2.45, 2.75) is 51.0 Å². The summed E-state index contributed by atoms with van der Waals surface area (Å²) in [6, 6.07) is 4.16. The number of amides is 2. The van der Waals surface area contributed by atoms with Gasteiger partial charge in [0.1, 0.15) is 0 Å². The second kappa shape index (κ2) is 6.07. The molecule has 0 unspecified atom stereocenters. The monoisotopic (exact) mass is 301 g/mol. The van der Waals surface area contributed by atoms with E-state index in [2.05, 4.69) is 18.0 Å². The summed E-state index contributed by atoms with van der Waals surface area (Å²) >= 11 is 0. The second-order valence-corrected chi connectivity index (χ2v) is 6.51. The zero-order valence-electron chi connectivity index (χ0n) is 13.0. The molecule has 0 bridgehead atoms. The summed E-state index contributed by atoms with van der Waals surface area (Å²) in [4.78, 5) is 30.8. The van der Waals surface area contributed by atoms with Crippen LogP contribution in [0.3, 0.4) is 0 Å². The number of hydrogen-bond acceptors (Lipinski definition) is 3. The Labute approximate surface area is 130 Å². The van der Waals surface area contributed by atoms with Crippen LogP contribution in [0.25, 0.3) is 0 Å². The number of carbonyl (C=O) groups excluding carboxylic acids is 2. The fraction of sp³-hybridized carbons (Fsp3) is 0.588. The summed E-state index contributed by atoms with van der Waals surface area (Å²) in [5, 5.41) is 0. The molecule has 3 rings (SSSR count). The third-order valence-electron chi connectivity index (χ3n) is 5.06. The van der Waals surface area contributed by atoms with Crippen LogP contribution < -0.4 is 5.73 Å². The van der Waals surface area contributed by atoms with Gasteiger partial charge >= 0.3 is 0 Å². The Morgan fingerprint density at radius 3 is 2.91 bits per heavy atom. The van der Waals surface area contributed by atoms with E-state index in [-0.39, 0.29) is 29.7 Å². The van der Waals surface area contributed by atoms with Crippen molar-refractivity contribution < 1.29 is 9.59 Å². The van der Waals surface area contributed by atoms with Gasteiger partial charge in [0.2, 0.25) is 11.8 Å². The Morgan fingerprint density at radius 1 is 1.32 bits per heavy atom. The molecule has 1 aliphatic heterocycles. The number of piperidine rings is 1. The first-order chi connectivity index (χ1) is 10.6. The Morgan fingerprint density at radius 2 is 2.14 bits per heavy atom. The van der Waals surface area contributed by atoms with E-state index in [0.29, 0.717) is 6.54 Å². The summed E-state index contributed by atoms with van der Waals surface area (Å²) in [5.41, 5.74) is 7.55. The highest BCUT2D eigenvalue weighted by molar-refractivity contribution is 5.85. The highest BCUT2D eigenvalue weighted by Crippen LogP contribution is 2.33. The van der Waals surface area contributed by atoms with E-state index in [1.54, 1.807) is 6.20 Å². The van der Waals surface area contributed by atoms with Crippen LogP contribution >= 0.6 is 0 Å². The number of rotatable bonds is 2. The molecule has 5 heteroatoms. The number of aryl methyl sites for hydroxylation is 1. The summed E-state index contributed by atoms with van der Waals surface area (Å²) < 4.78 is 0. The summed E-state index contributed by atoms with van der Waals surface area (Å²) in [7, 11) is 0. The Kier molecular flexibility index (Phi) is 4.14. The van der Waals surface area contributed by atoms with E-state index in [0.717, 1.165) is 37.8 Å². The van der Waals surface area contributed by atoms with Crippen molar-refractivity contribution in [1.29, 1.82) is 0 Å². The lowest BCUT2D eigenvalue weighted by Crippen LogP contribution is -2.50. The van der Waals surface area contributed by atoms with Crippen LogP contribution in [0.2, 0.25) is 0 Å². The minimum atomic E-state index is -0.299. The molecule has 2 N–H and O–H groups in total. The second-order valence-electron chi connectivity index (χ2n) is 6.51. The SMILES string of the molecule is C[C@@H]1CC[C@@H](C(N)=O)CN1C(=O)[C@@H]1CCCc2cccnc21. The van der Waals surface area contributed by atoms with Crippen molar-refractivity contribution in [2.24, 2.45) is 11.7 Å². The highest BCUT2D eigenvalue weighted by Gasteiger charge is 2.37. The van der Waals surface area contributed by atoms with Gasteiger partial charge in [0.15, 0.2) is 0 Å². The molecule has 1 saturated heterocycles. The van der Waals surface area contributed by atoms with Gasteiger partial charge in [-0.05, 0) is 50.7 Å². The van der Waals surface area contributed by atoms with Gasteiger partial charge in [-0.3, -0.25) is 14.6 Å². The van der Waals surface area contributed by atoms with E-state index in [4.69, 9.17) is 5.73 Å². The Hall–Kier alpha value is -1.91. The van der Waals surface area contributed by atoms with Crippen molar-refractivity contribution in [2.75, 3.05) is 6.54 Å². The maximum atomic E-state index is 13.0. The van der Waals surface area contributed by atoms with Crippen LogP contribution in [-0.2, 0) is 16.0 Å². The number of likely N-dealkylation sites (tertiary alicyclic amines) is 1. The lowest BCUT2D eigenvalue weighted by atomic mass is 9.84. The molecule has 2 aliphatic rings. The smallest absolute Gasteiger partial charge is 0.231 e. The summed E-state index contributed by atoms with van der Waals surface area (Å²) in [6.07, 6.45) is 6.22. The van der Waals surface area contributed by atoms with Gasteiger partial charge in [0.25, 0.3) is 0 Å².